The molecule has 2 aromatic rings. The van der Waals surface area contributed by atoms with Crippen LogP contribution >= 0.6 is 0 Å². The first-order valence-electron chi connectivity index (χ1n) is 13.6. The molecule has 38 heavy (non-hydrogen) atoms. The number of nitrogens with two attached hydrogens (primary N) is 1. The van der Waals surface area contributed by atoms with Crippen molar-refractivity contribution in [2.45, 2.75) is 82.9 Å². The van der Waals surface area contributed by atoms with Gasteiger partial charge in [0.15, 0.2) is 0 Å². The van der Waals surface area contributed by atoms with Crippen molar-refractivity contribution in [3.05, 3.63) is 59.2 Å². The highest BCUT2D eigenvalue weighted by Gasteiger charge is 2.59. The number of benzene rings is 2. The minimum atomic E-state index is -1.29. The number of carbonyl (C=O) groups excluding carboxylic acids is 2. The maximum absolute atomic E-state index is 14.0. The number of likely N-dealkylation sites (tertiary alicyclic amines) is 1. The van der Waals surface area contributed by atoms with E-state index in [0.29, 0.717) is 37.3 Å². The fraction of sp³-hybridized carbons (Fsp3) is 0.533. The second-order valence-corrected chi connectivity index (χ2v) is 11.3. The fourth-order valence-electron chi connectivity index (χ4n) is 6.41. The van der Waals surface area contributed by atoms with E-state index in [9.17, 15) is 24.9 Å². The lowest BCUT2D eigenvalue weighted by Crippen LogP contribution is -2.69. The molecule has 1 saturated heterocycles. The molecule has 0 radical (unpaired) electrons. The van der Waals surface area contributed by atoms with Gasteiger partial charge in [-0.3, -0.25) is 14.6 Å². The van der Waals surface area contributed by atoms with Crippen LogP contribution in [-0.2, 0) is 16.8 Å². The summed E-state index contributed by atoms with van der Waals surface area (Å²) in [5.41, 5.74) is 5.63. The molecule has 3 atom stereocenters. The zero-order valence-electron chi connectivity index (χ0n) is 22.7. The zero-order valence-corrected chi connectivity index (χ0v) is 22.7. The number of primary amides is 1. The Balaban J connectivity index is 1.77. The number of hydrogen-bond acceptors (Lipinski definition) is 6. The molecule has 3 unspecified atom stereocenters. The Hall–Kier alpha value is -3.10. The van der Waals surface area contributed by atoms with E-state index < -0.39 is 23.0 Å². The standard InChI is InChI=1S/C30H41N3O5/c1-4-13-30(38)21(3)32(18-22-6-7-22)15-14-29(30,26-16-25(35)10-5-20(26)2)17-27(36)33(28(31)37)19-23-8-11-24(34)12-9-23/h5,8-12,16,21-22,34-35,38H,4,6-7,13-15,17-19H2,1-3H3,(H2,31,37). The van der Waals surface area contributed by atoms with Crippen molar-refractivity contribution in [1.82, 2.24) is 9.80 Å². The van der Waals surface area contributed by atoms with Gasteiger partial charge in [0.1, 0.15) is 11.5 Å². The van der Waals surface area contributed by atoms with Gasteiger partial charge in [0.2, 0.25) is 5.91 Å². The van der Waals surface area contributed by atoms with Crippen LogP contribution in [0.3, 0.4) is 0 Å². The van der Waals surface area contributed by atoms with E-state index in [1.54, 1.807) is 24.3 Å². The first-order chi connectivity index (χ1) is 18.0. The summed E-state index contributed by atoms with van der Waals surface area (Å²) in [6, 6.07) is 10.3. The highest BCUT2D eigenvalue weighted by Crippen LogP contribution is 2.52. The summed E-state index contributed by atoms with van der Waals surface area (Å²) in [4.78, 5) is 29.8. The minimum absolute atomic E-state index is 0.0425. The Morgan fingerprint density at radius 3 is 2.37 bits per heavy atom. The summed E-state index contributed by atoms with van der Waals surface area (Å²) < 4.78 is 0. The SMILES string of the molecule is CCCC1(O)C(C)N(CC2CC2)CCC1(CC(=O)N(Cc1ccc(O)cc1)C(N)=O)c1cc(O)ccc1C. The molecule has 3 amide bonds. The van der Waals surface area contributed by atoms with Crippen LogP contribution in [0.5, 0.6) is 11.5 Å². The Kier molecular flexibility index (Phi) is 8.04. The van der Waals surface area contributed by atoms with Crippen LogP contribution in [0.1, 0.15) is 69.1 Å². The third-order valence-electron chi connectivity index (χ3n) is 8.75. The van der Waals surface area contributed by atoms with E-state index in [2.05, 4.69) is 4.90 Å². The third kappa shape index (κ3) is 5.38. The molecular weight excluding hydrogens is 482 g/mol. The summed E-state index contributed by atoms with van der Waals surface area (Å²) in [7, 11) is 0. The molecule has 0 bridgehead atoms. The summed E-state index contributed by atoms with van der Waals surface area (Å²) in [6.07, 6.45) is 3.95. The summed E-state index contributed by atoms with van der Waals surface area (Å²) in [6.45, 7) is 7.56. The highest BCUT2D eigenvalue weighted by atomic mass is 16.3. The van der Waals surface area contributed by atoms with Crippen LogP contribution in [-0.4, -0.2) is 61.8 Å². The van der Waals surface area contributed by atoms with Crippen LogP contribution < -0.4 is 5.73 Å². The topological polar surface area (TPSA) is 127 Å². The van der Waals surface area contributed by atoms with Gasteiger partial charge in [-0.15, -0.1) is 0 Å². The van der Waals surface area contributed by atoms with Crippen LogP contribution in [0.25, 0.3) is 0 Å². The van der Waals surface area contributed by atoms with E-state index in [0.717, 1.165) is 22.6 Å². The lowest BCUT2D eigenvalue weighted by atomic mass is 9.56. The lowest BCUT2D eigenvalue weighted by Gasteiger charge is -2.58. The molecule has 206 valence electrons. The molecule has 2 aliphatic rings. The number of carbonyl (C=O) groups is 2. The maximum atomic E-state index is 14.0. The van der Waals surface area contributed by atoms with Crippen molar-refractivity contribution in [2.75, 3.05) is 13.1 Å². The fourth-order valence-corrected chi connectivity index (χ4v) is 6.41. The maximum Gasteiger partial charge on any atom is 0.321 e. The second-order valence-electron chi connectivity index (χ2n) is 11.3. The van der Waals surface area contributed by atoms with Crippen LogP contribution in [0.15, 0.2) is 42.5 Å². The van der Waals surface area contributed by atoms with Crippen LogP contribution in [0.2, 0.25) is 0 Å². The minimum Gasteiger partial charge on any atom is -0.508 e. The Bertz CT molecular complexity index is 1160. The molecule has 8 heteroatoms. The van der Waals surface area contributed by atoms with Gasteiger partial charge in [-0.2, -0.15) is 0 Å². The number of aromatic hydroxyl groups is 2. The van der Waals surface area contributed by atoms with E-state index in [1.165, 1.54) is 25.0 Å². The lowest BCUT2D eigenvalue weighted by molar-refractivity contribution is -0.155. The highest BCUT2D eigenvalue weighted by molar-refractivity contribution is 5.94. The number of urea groups is 1. The average Bonchev–Trinajstić information content (AvgIpc) is 3.69. The first-order valence-corrected chi connectivity index (χ1v) is 13.6. The molecule has 4 rings (SSSR count). The molecule has 0 aromatic heterocycles. The molecule has 1 aliphatic carbocycles. The van der Waals surface area contributed by atoms with Crippen LogP contribution in [0, 0.1) is 12.8 Å². The molecule has 1 saturated carbocycles. The van der Waals surface area contributed by atoms with E-state index >= 15 is 0 Å². The number of nitrogens with zero attached hydrogens (tertiary/aromatic N) is 2. The number of amides is 3. The van der Waals surface area contributed by atoms with Gasteiger partial charge in [-0.25, -0.2) is 4.79 Å². The van der Waals surface area contributed by atoms with Crippen molar-refractivity contribution in [3.8, 4) is 11.5 Å². The largest absolute Gasteiger partial charge is 0.508 e. The van der Waals surface area contributed by atoms with E-state index in [-0.39, 0.29) is 30.5 Å². The summed E-state index contributed by atoms with van der Waals surface area (Å²) in [5, 5.41) is 32.8. The molecule has 0 spiro atoms. The van der Waals surface area contributed by atoms with Crippen LogP contribution in [0.4, 0.5) is 4.79 Å². The number of aryl methyl sites for hydroxylation is 1. The molecule has 5 N–H and O–H groups in total. The Morgan fingerprint density at radius 1 is 1.11 bits per heavy atom. The smallest absolute Gasteiger partial charge is 0.321 e. The summed E-state index contributed by atoms with van der Waals surface area (Å²) in [5.74, 6) is 0.321. The monoisotopic (exact) mass is 523 g/mol. The molecule has 2 fully saturated rings. The van der Waals surface area contributed by atoms with E-state index in [1.807, 2.05) is 26.8 Å². The molecule has 8 nitrogen and oxygen atoms in total. The average molecular weight is 524 g/mol. The van der Waals surface area contributed by atoms with Crippen molar-refractivity contribution in [1.29, 1.82) is 0 Å². The number of piperidine rings is 1. The number of aliphatic hydroxyl groups is 1. The van der Waals surface area contributed by atoms with Gasteiger partial charge in [0.05, 0.1) is 12.1 Å². The molecule has 2 aromatic carbocycles. The van der Waals surface area contributed by atoms with Gasteiger partial charge >= 0.3 is 6.03 Å². The quantitative estimate of drug-likeness (QED) is 0.391. The Morgan fingerprint density at radius 2 is 1.76 bits per heavy atom. The van der Waals surface area contributed by atoms with Gasteiger partial charge < -0.3 is 21.1 Å². The number of phenols is 2. The molecule has 1 aliphatic heterocycles. The number of hydrogen-bond donors (Lipinski definition) is 4. The molecular formula is C30H41N3O5. The van der Waals surface area contributed by atoms with Crippen molar-refractivity contribution < 1.29 is 24.9 Å². The van der Waals surface area contributed by atoms with Gasteiger partial charge in [0.25, 0.3) is 0 Å². The van der Waals surface area contributed by atoms with Crippen molar-refractivity contribution in [2.24, 2.45) is 11.7 Å². The van der Waals surface area contributed by atoms with Gasteiger partial charge in [0, 0.05) is 24.4 Å². The molecule has 1 heterocycles. The van der Waals surface area contributed by atoms with E-state index in [4.69, 9.17) is 5.73 Å². The van der Waals surface area contributed by atoms with Gasteiger partial charge in [-0.1, -0.05) is 31.5 Å². The summed E-state index contributed by atoms with van der Waals surface area (Å²) >= 11 is 0. The predicted molar refractivity (Wildman–Crippen MR) is 146 cm³/mol. The third-order valence-corrected chi connectivity index (χ3v) is 8.75. The zero-order chi connectivity index (χ0) is 27.7. The first kappa shape index (κ1) is 27.9. The second kappa shape index (κ2) is 10.9. The van der Waals surface area contributed by atoms with Crippen molar-refractivity contribution >= 4 is 11.9 Å². The van der Waals surface area contributed by atoms with Gasteiger partial charge in [-0.05, 0) is 92.9 Å². The Labute approximate surface area is 225 Å². The number of rotatable bonds is 9. The number of imide groups is 1. The van der Waals surface area contributed by atoms with Crippen molar-refractivity contribution in [3.63, 3.8) is 0 Å². The normalized spacial score (nSPS) is 25.7. The number of phenolic OH excluding ortho intramolecular Hbond substituents is 2. The predicted octanol–water partition coefficient (Wildman–Crippen LogP) is 4.18.